The summed E-state index contributed by atoms with van der Waals surface area (Å²) in [7, 11) is -2.10. The van der Waals surface area contributed by atoms with Crippen molar-refractivity contribution in [1.29, 1.82) is 0 Å². The van der Waals surface area contributed by atoms with Crippen molar-refractivity contribution in [3.05, 3.63) is 88.9 Å². The van der Waals surface area contributed by atoms with E-state index in [-0.39, 0.29) is 24.0 Å². The lowest BCUT2D eigenvalue weighted by Gasteiger charge is -2.17. The van der Waals surface area contributed by atoms with E-state index in [1.165, 1.54) is 23.5 Å². The van der Waals surface area contributed by atoms with E-state index in [0.29, 0.717) is 11.4 Å². The number of ether oxygens (including phenoxy) is 1. The van der Waals surface area contributed by atoms with Gasteiger partial charge in [0, 0.05) is 23.8 Å². The molecule has 3 aromatic rings. The Morgan fingerprint density at radius 1 is 0.967 bits per heavy atom. The zero-order chi connectivity index (χ0) is 21.6. The molecule has 0 radical (unpaired) electrons. The van der Waals surface area contributed by atoms with Gasteiger partial charge in [0.1, 0.15) is 5.75 Å². The lowest BCUT2D eigenvalue weighted by atomic mass is 10.2. The van der Waals surface area contributed by atoms with Gasteiger partial charge in [0.25, 0.3) is 5.91 Å². The van der Waals surface area contributed by atoms with E-state index in [1.54, 1.807) is 24.3 Å². The first-order valence-electron chi connectivity index (χ1n) is 9.13. The number of amides is 1. The van der Waals surface area contributed by atoms with E-state index in [0.717, 1.165) is 10.0 Å². The van der Waals surface area contributed by atoms with Crippen molar-refractivity contribution in [2.75, 3.05) is 19.0 Å². The molecule has 6 nitrogen and oxygen atoms in total. The van der Waals surface area contributed by atoms with Crippen LogP contribution >= 0.6 is 15.9 Å². The first-order chi connectivity index (χ1) is 14.3. The molecule has 0 aromatic heterocycles. The van der Waals surface area contributed by atoms with Crippen molar-refractivity contribution in [3.8, 4) is 5.75 Å². The smallest absolute Gasteiger partial charge is 0.262 e. The van der Waals surface area contributed by atoms with Gasteiger partial charge in [-0.25, -0.2) is 8.42 Å². The van der Waals surface area contributed by atoms with Gasteiger partial charge in [-0.1, -0.05) is 46.3 Å². The number of hydrogen-bond donors (Lipinski definition) is 1. The summed E-state index contributed by atoms with van der Waals surface area (Å²) in [5, 5.41) is 2.69. The minimum absolute atomic E-state index is 0.151. The van der Waals surface area contributed by atoms with Crippen LogP contribution in [0.1, 0.15) is 5.56 Å². The molecule has 0 unspecified atom stereocenters. The van der Waals surface area contributed by atoms with Crippen LogP contribution in [0, 0.1) is 0 Å². The number of rotatable bonds is 8. The van der Waals surface area contributed by atoms with Crippen LogP contribution in [-0.2, 0) is 21.4 Å². The molecule has 0 heterocycles. The number of nitrogens with zero attached hydrogens (tertiary/aromatic N) is 1. The van der Waals surface area contributed by atoms with E-state index < -0.39 is 10.0 Å². The zero-order valence-electron chi connectivity index (χ0n) is 16.3. The van der Waals surface area contributed by atoms with E-state index in [1.807, 2.05) is 42.5 Å². The van der Waals surface area contributed by atoms with Crippen molar-refractivity contribution in [2.45, 2.75) is 11.4 Å². The highest BCUT2D eigenvalue weighted by Crippen LogP contribution is 2.20. The van der Waals surface area contributed by atoms with Gasteiger partial charge in [-0.05, 0) is 54.1 Å². The highest BCUT2D eigenvalue weighted by Gasteiger charge is 2.20. The first kappa shape index (κ1) is 22.0. The van der Waals surface area contributed by atoms with Crippen LogP contribution in [0.5, 0.6) is 5.75 Å². The van der Waals surface area contributed by atoms with Gasteiger partial charge in [0.05, 0.1) is 4.90 Å². The van der Waals surface area contributed by atoms with E-state index >= 15 is 0 Å². The lowest BCUT2D eigenvalue weighted by Crippen LogP contribution is -2.26. The number of halogens is 1. The van der Waals surface area contributed by atoms with Gasteiger partial charge in [-0.15, -0.1) is 0 Å². The predicted octanol–water partition coefficient (Wildman–Crippen LogP) is 4.29. The maximum atomic E-state index is 12.8. The molecule has 0 bridgehead atoms. The standard InChI is InChI=1S/C22H21BrN2O4S/c1-25(15-17-5-3-2-4-6-17)30(27,28)21-13-9-19(10-14-21)24-22(26)16-29-20-11-7-18(23)8-12-20/h2-14H,15-16H2,1H3,(H,24,26). The molecule has 0 saturated heterocycles. The van der Waals surface area contributed by atoms with Crippen LogP contribution < -0.4 is 10.1 Å². The Balaban J connectivity index is 1.58. The minimum atomic E-state index is -3.64. The Morgan fingerprint density at radius 2 is 1.60 bits per heavy atom. The van der Waals surface area contributed by atoms with Crippen molar-refractivity contribution < 1.29 is 17.9 Å². The summed E-state index contributed by atoms with van der Waals surface area (Å²) in [6.07, 6.45) is 0. The topological polar surface area (TPSA) is 75.7 Å². The number of nitrogens with one attached hydrogen (secondary N) is 1. The van der Waals surface area contributed by atoms with E-state index in [4.69, 9.17) is 4.74 Å². The summed E-state index contributed by atoms with van der Waals surface area (Å²) < 4.78 is 33.2. The van der Waals surface area contributed by atoms with Crippen LogP contribution in [0.4, 0.5) is 5.69 Å². The summed E-state index contributed by atoms with van der Waals surface area (Å²) in [6, 6.07) is 22.6. The average molecular weight is 489 g/mol. The first-order valence-corrected chi connectivity index (χ1v) is 11.4. The maximum absolute atomic E-state index is 12.8. The van der Waals surface area contributed by atoms with Gasteiger partial charge < -0.3 is 10.1 Å². The van der Waals surface area contributed by atoms with Crippen LogP contribution in [-0.4, -0.2) is 32.3 Å². The zero-order valence-corrected chi connectivity index (χ0v) is 18.7. The van der Waals surface area contributed by atoms with Crippen LogP contribution in [0.15, 0.2) is 88.2 Å². The number of benzene rings is 3. The number of sulfonamides is 1. The second-order valence-electron chi connectivity index (χ2n) is 6.56. The quantitative estimate of drug-likeness (QED) is 0.513. The normalized spacial score (nSPS) is 11.3. The fourth-order valence-electron chi connectivity index (χ4n) is 2.69. The summed E-state index contributed by atoms with van der Waals surface area (Å²) in [4.78, 5) is 12.2. The predicted molar refractivity (Wildman–Crippen MR) is 120 cm³/mol. The van der Waals surface area contributed by atoms with Crippen LogP contribution in [0.3, 0.4) is 0 Å². The summed E-state index contributed by atoms with van der Waals surface area (Å²) in [5.74, 6) is 0.242. The molecule has 3 aromatic carbocycles. The molecule has 1 N–H and O–H groups in total. The molecule has 0 spiro atoms. The van der Waals surface area contributed by atoms with Gasteiger partial charge >= 0.3 is 0 Å². The SMILES string of the molecule is CN(Cc1ccccc1)S(=O)(=O)c1ccc(NC(=O)COc2ccc(Br)cc2)cc1. The minimum Gasteiger partial charge on any atom is -0.484 e. The Hall–Kier alpha value is -2.68. The van der Waals surface area contributed by atoms with Gasteiger partial charge in [0.15, 0.2) is 6.61 Å². The molecule has 1 amide bonds. The number of carbonyl (C=O) groups excluding carboxylic acids is 1. The molecule has 0 saturated carbocycles. The third-order valence-electron chi connectivity index (χ3n) is 4.28. The molecule has 0 atom stereocenters. The number of carbonyl (C=O) groups is 1. The molecule has 8 heteroatoms. The molecule has 3 rings (SSSR count). The number of hydrogen-bond acceptors (Lipinski definition) is 4. The average Bonchev–Trinajstić information content (AvgIpc) is 2.74. The van der Waals surface area contributed by atoms with E-state index in [2.05, 4.69) is 21.2 Å². The Bertz CT molecular complexity index is 1090. The molecule has 0 aliphatic carbocycles. The second kappa shape index (κ2) is 9.88. The van der Waals surface area contributed by atoms with Crippen LogP contribution in [0.2, 0.25) is 0 Å². The molecule has 0 aliphatic rings. The van der Waals surface area contributed by atoms with Gasteiger partial charge in [-0.2, -0.15) is 4.31 Å². The van der Waals surface area contributed by atoms with Crippen molar-refractivity contribution in [2.24, 2.45) is 0 Å². The van der Waals surface area contributed by atoms with Crippen molar-refractivity contribution in [1.82, 2.24) is 4.31 Å². The lowest BCUT2D eigenvalue weighted by molar-refractivity contribution is -0.118. The molecule has 0 fully saturated rings. The highest BCUT2D eigenvalue weighted by atomic mass is 79.9. The fourth-order valence-corrected chi connectivity index (χ4v) is 4.12. The molecular weight excluding hydrogens is 468 g/mol. The molecule has 0 aliphatic heterocycles. The molecular formula is C22H21BrN2O4S. The molecule has 156 valence electrons. The molecule has 30 heavy (non-hydrogen) atoms. The Kier molecular flexibility index (Phi) is 7.25. The summed E-state index contributed by atoms with van der Waals surface area (Å²) in [6.45, 7) is 0.122. The monoisotopic (exact) mass is 488 g/mol. The van der Waals surface area contributed by atoms with Crippen molar-refractivity contribution in [3.63, 3.8) is 0 Å². The number of anilines is 1. The maximum Gasteiger partial charge on any atom is 0.262 e. The van der Waals surface area contributed by atoms with Gasteiger partial charge in [-0.3, -0.25) is 4.79 Å². The van der Waals surface area contributed by atoms with Gasteiger partial charge in [0.2, 0.25) is 10.0 Å². The summed E-state index contributed by atoms with van der Waals surface area (Å²) >= 11 is 3.33. The summed E-state index contributed by atoms with van der Waals surface area (Å²) in [5.41, 5.74) is 1.39. The third-order valence-corrected chi connectivity index (χ3v) is 6.62. The fraction of sp³-hybridized carbons (Fsp3) is 0.136. The van der Waals surface area contributed by atoms with E-state index in [9.17, 15) is 13.2 Å². The Morgan fingerprint density at radius 3 is 2.23 bits per heavy atom. The Labute approximate surface area is 184 Å². The van der Waals surface area contributed by atoms with Crippen molar-refractivity contribution >= 4 is 37.5 Å². The second-order valence-corrected chi connectivity index (χ2v) is 9.52. The van der Waals surface area contributed by atoms with Crippen LogP contribution in [0.25, 0.3) is 0 Å². The largest absolute Gasteiger partial charge is 0.484 e. The third kappa shape index (κ3) is 5.91. The highest BCUT2D eigenvalue weighted by molar-refractivity contribution is 9.10.